The van der Waals surface area contributed by atoms with E-state index in [1.165, 1.54) is 10.4 Å². The Hall–Kier alpha value is -3.44. The summed E-state index contributed by atoms with van der Waals surface area (Å²) >= 11 is 6.10. The first-order valence-corrected chi connectivity index (χ1v) is 13.0. The Morgan fingerprint density at radius 2 is 1.86 bits per heavy atom. The van der Waals surface area contributed by atoms with Crippen LogP contribution in [0.15, 0.2) is 71.9 Å². The van der Waals surface area contributed by atoms with Crippen LogP contribution in [0.2, 0.25) is 5.02 Å². The largest absolute Gasteiger partial charge is 0.491 e. The van der Waals surface area contributed by atoms with Gasteiger partial charge in [-0.15, -0.1) is 0 Å². The molecular weight excluding hydrogens is 504 g/mol. The minimum Gasteiger partial charge on any atom is -0.491 e. The number of sulfonamides is 1. The third kappa shape index (κ3) is 4.80. The normalized spacial score (nSPS) is 16.8. The minimum absolute atomic E-state index is 0.0584. The highest BCUT2D eigenvalue weighted by molar-refractivity contribution is 7.89. The summed E-state index contributed by atoms with van der Waals surface area (Å²) < 4.78 is 40.2. The molecular formula is C25H23ClN4O5S. The molecule has 1 fully saturated rings. The molecule has 0 aliphatic carbocycles. The van der Waals surface area contributed by atoms with Gasteiger partial charge in [-0.05, 0) is 53.6 Å². The Bertz CT molecular complexity index is 1510. The maximum absolute atomic E-state index is 13.6. The summed E-state index contributed by atoms with van der Waals surface area (Å²) in [7, 11) is -4.09. The number of nitrogens with one attached hydrogen (secondary N) is 1. The fraction of sp³-hybridized carbons (Fsp3) is 0.200. The van der Waals surface area contributed by atoms with Crippen molar-refractivity contribution in [1.29, 1.82) is 0 Å². The Morgan fingerprint density at radius 1 is 1.14 bits per heavy atom. The number of amides is 1. The van der Waals surface area contributed by atoms with Crippen LogP contribution in [0.1, 0.15) is 10.5 Å². The molecule has 11 heteroatoms. The zero-order chi connectivity index (χ0) is 25.3. The lowest BCUT2D eigenvalue weighted by Gasteiger charge is -2.32. The lowest BCUT2D eigenvalue weighted by atomic mass is 10.1. The highest BCUT2D eigenvalue weighted by Gasteiger charge is 2.36. The monoisotopic (exact) mass is 526 g/mol. The van der Waals surface area contributed by atoms with E-state index < -0.39 is 22.0 Å². The molecule has 0 spiro atoms. The molecule has 1 unspecified atom stereocenters. The first kappa shape index (κ1) is 24.3. The third-order valence-electron chi connectivity index (χ3n) is 5.96. The molecule has 2 aromatic carbocycles. The maximum atomic E-state index is 13.6. The Labute approximate surface area is 212 Å². The fourth-order valence-corrected chi connectivity index (χ4v) is 6.16. The number of carbonyl (C=O) groups excluding carboxylic acids is 1. The number of hydrogen-bond acceptors (Lipinski definition) is 6. The smallest absolute Gasteiger partial charge is 0.266 e. The topological polar surface area (TPSA) is 128 Å². The van der Waals surface area contributed by atoms with Crippen molar-refractivity contribution >= 4 is 38.4 Å². The standard InChI is InChI=1S/C25H23ClN4O5S/c26-18-3-6-22-21(13-18)24(23(29-22)25(27)31)36(32,33)30-11-12-34-20(14-30)15-35-19-4-1-16(2-5-19)17-7-9-28-10-8-17/h1-10,13,20,29H,11-12,14-15H2,(H2,27,31). The van der Waals surface area contributed by atoms with Gasteiger partial charge < -0.3 is 20.2 Å². The zero-order valence-electron chi connectivity index (χ0n) is 19.1. The van der Waals surface area contributed by atoms with Crippen LogP contribution in [0, 0.1) is 0 Å². The van der Waals surface area contributed by atoms with E-state index in [0.717, 1.165) is 11.1 Å². The summed E-state index contributed by atoms with van der Waals surface area (Å²) in [6, 6.07) is 16.1. The average molecular weight is 527 g/mol. The quantitative estimate of drug-likeness (QED) is 0.379. The SMILES string of the molecule is NC(=O)c1[nH]c2ccc(Cl)cc2c1S(=O)(=O)N1CCOC(COc2ccc(-c3ccncc3)cc2)C1. The minimum atomic E-state index is -4.09. The van der Waals surface area contributed by atoms with Gasteiger partial charge in [0.05, 0.1) is 6.61 Å². The highest BCUT2D eigenvalue weighted by Crippen LogP contribution is 2.32. The summed E-state index contributed by atoms with van der Waals surface area (Å²) in [5, 5.41) is 0.655. The molecule has 9 nitrogen and oxygen atoms in total. The molecule has 3 heterocycles. The van der Waals surface area contributed by atoms with Gasteiger partial charge >= 0.3 is 0 Å². The number of fused-ring (bicyclic) bond motifs is 1. The van der Waals surface area contributed by atoms with Crippen molar-refractivity contribution < 1.29 is 22.7 Å². The van der Waals surface area contributed by atoms with E-state index in [0.29, 0.717) is 21.7 Å². The van der Waals surface area contributed by atoms with Crippen molar-refractivity contribution in [3.05, 3.63) is 77.7 Å². The number of pyridine rings is 1. The first-order valence-electron chi connectivity index (χ1n) is 11.2. The van der Waals surface area contributed by atoms with Crippen molar-refractivity contribution in [3.8, 4) is 16.9 Å². The van der Waals surface area contributed by atoms with E-state index in [2.05, 4.69) is 9.97 Å². The van der Waals surface area contributed by atoms with Crippen molar-refractivity contribution in [2.45, 2.75) is 11.0 Å². The number of aromatic amines is 1. The van der Waals surface area contributed by atoms with Crippen LogP contribution in [0.25, 0.3) is 22.0 Å². The van der Waals surface area contributed by atoms with E-state index in [1.54, 1.807) is 24.5 Å². The number of nitrogens with two attached hydrogens (primary N) is 1. The number of H-pyrrole nitrogens is 1. The highest BCUT2D eigenvalue weighted by atomic mass is 35.5. The fourth-order valence-electron chi connectivity index (χ4n) is 4.20. The molecule has 36 heavy (non-hydrogen) atoms. The second kappa shape index (κ2) is 9.90. The summed E-state index contributed by atoms with van der Waals surface area (Å²) in [5.74, 6) is -0.233. The van der Waals surface area contributed by atoms with Crippen LogP contribution in [-0.2, 0) is 14.8 Å². The van der Waals surface area contributed by atoms with Crippen LogP contribution in [0.5, 0.6) is 5.75 Å². The van der Waals surface area contributed by atoms with E-state index >= 15 is 0 Å². The number of rotatable bonds is 7. The molecule has 1 amide bonds. The molecule has 0 bridgehead atoms. The third-order valence-corrected chi connectivity index (χ3v) is 8.15. The van der Waals surface area contributed by atoms with Crippen LogP contribution in [0.4, 0.5) is 0 Å². The van der Waals surface area contributed by atoms with Gasteiger partial charge in [-0.25, -0.2) is 8.42 Å². The van der Waals surface area contributed by atoms with Gasteiger partial charge in [-0.2, -0.15) is 4.31 Å². The number of halogens is 1. The molecule has 1 aliphatic rings. The molecule has 5 rings (SSSR count). The molecule has 3 N–H and O–H groups in total. The molecule has 0 saturated carbocycles. The number of primary amides is 1. The van der Waals surface area contributed by atoms with Crippen LogP contribution < -0.4 is 10.5 Å². The van der Waals surface area contributed by atoms with Gasteiger partial charge in [0.2, 0.25) is 10.0 Å². The van der Waals surface area contributed by atoms with E-state index in [9.17, 15) is 13.2 Å². The number of benzene rings is 2. The maximum Gasteiger partial charge on any atom is 0.266 e. The van der Waals surface area contributed by atoms with Crippen LogP contribution >= 0.6 is 11.6 Å². The average Bonchev–Trinajstić information content (AvgIpc) is 3.28. The summed E-state index contributed by atoms with van der Waals surface area (Å²) in [4.78, 5) is 18.7. The second-order valence-corrected chi connectivity index (χ2v) is 10.6. The molecule has 4 aromatic rings. The lowest BCUT2D eigenvalue weighted by Crippen LogP contribution is -2.47. The van der Waals surface area contributed by atoms with Crippen LogP contribution in [-0.4, -0.2) is 61.0 Å². The van der Waals surface area contributed by atoms with Gasteiger partial charge in [0.25, 0.3) is 5.91 Å². The second-order valence-electron chi connectivity index (χ2n) is 8.31. The molecule has 1 atom stereocenters. The van der Waals surface area contributed by atoms with E-state index in [1.807, 2.05) is 36.4 Å². The number of aromatic nitrogens is 2. The number of ether oxygens (including phenoxy) is 2. The molecule has 1 saturated heterocycles. The molecule has 1 aliphatic heterocycles. The van der Waals surface area contributed by atoms with Gasteiger partial charge in [0, 0.05) is 41.4 Å². The summed E-state index contributed by atoms with van der Waals surface area (Å²) in [6.07, 6.45) is 2.97. The first-order chi connectivity index (χ1) is 17.3. The van der Waals surface area contributed by atoms with Crippen molar-refractivity contribution in [2.24, 2.45) is 5.73 Å². The number of hydrogen-bond donors (Lipinski definition) is 2. The van der Waals surface area contributed by atoms with Crippen molar-refractivity contribution in [3.63, 3.8) is 0 Å². The summed E-state index contributed by atoms with van der Waals surface area (Å²) in [6.45, 7) is 0.528. The molecule has 2 aromatic heterocycles. The van der Waals surface area contributed by atoms with Gasteiger partial charge in [0.15, 0.2) is 0 Å². The van der Waals surface area contributed by atoms with E-state index in [4.69, 9.17) is 26.8 Å². The number of morpholine rings is 1. The Balaban J connectivity index is 1.32. The van der Waals surface area contributed by atoms with Crippen molar-refractivity contribution in [2.75, 3.05) is 26.3 Å². The molecule has 0 radical (unpaired) electrons. The number of nitrogens with zero attached hydrogens (tertiary/aromatic N) is 2. The summed E-state index contributed by atoms with van der Waals surface area (Å²) in [5.41, 5.74) is 7.84. The predicted octanol–water partition coefficient (Wildman–Crippen LogP) is 3.45. The predicted molar refractivity (Wildman–Crippen MR) is 135 cm³/mol. The Kier molecular flexibility index (Phi) is 6.67. The Morgan fingerprint density at radius 3 is 2.58 bits per heavy atom. The van der Waals surface area contributed by atoms with Crippen LogP contribution in [0.3, 0.4) is 0 Å². The lowest BCUT2D eigenvalue weighted by molar-refractivity contribution is -0.0249. The molecule has 186 valence electrons. The zero-order valence-corrected chi connectivity index (χ0v) is 20.6. The number of carbonyl (C=O) groups is 1. The van der Waals surface area contributed by atoms with Gasteiger partial charge in [0.1, 0.15) is 29.0 Å². The van der Waals surface area contributed by atoms with Gasteiger partial charge in [-0.3, -0.25) is 9.78 Å². The van der Waals surface area contributed by atoms with E-state index in [-0.39, 0.29) is 36.9 Å². The van der Waals surface area contributed by atoms with Crippen molar-refractivity contribution in [1.82, 2.24) is 14.3 Å². The van der Waals surface area contributed by atoms with Gasteiger partial charge in [-0.1, -0.05) is 23.7 Å².